The lowest BCUT2D eigenvalue weighted by molar-refractivity contribution is -0.0109. The summed E-state index contributed by atoms with van der Waals surface area (Å²) in [5.74, 6) is 1.17. The van der Waals surface area contributed by atoms with Gasteiger partial charge in [-0.3, -0.25) is 0 Å². The van der Waals surface area contributed by atoms with Crippen molar-refractivity contribution in [1.82, 2.24) is 9.97 Å². The lowest BCUT2D eigenvalue weighted by atomic mass is 10.2. The zero-order valence-corrected chi connectivity index (χ0v) is 12.1. The summed E-state index contributed by atoms with van der Waals surface area (Å²) in [6, 6.07) is 0. The van der Waals surface area contributed by atoms with E-state index in [4.69, 9.17) is 15.2 Å². The van der Waals surface area contributed by atoms with Gasteiger partial charge >= 0.3 is 0 Å². The Labute approximate surface area is 115 Å². The fourth-order valence-corrected chi connectivity index (χ4v) is 2.33. The van der Waals surface area contributed by atoms with Crippen LogP contribution in [0.15, 0.2) is 10.7 Å². The Bertz CT molecular complexity index is 418. The zero-order valence-electron chi connectivity index (χ0n) is 10.5. The number of anilines is 1. The first-order valence-electron chi connectivity index (χ1n) is 5.81. The molecule has 1 saturated heterocycles. The highest BCUT2D eigenvalue weighted by molar-refractivity contribution is 9.10. The number of halogens is 1. The first-order chi connectivity index (χ1) is 8.63. The van der Waals surface area contributed by atoms with Crippen LogP contribution in [0.3, 0.4) is 0 Å². The van der Waals surface area contributed by atoms with Gasteiger partial charge in [-0.1, -0.05) is 0 Å². The molecule has 2 heterocycles. The lowest BCUT2D eigenvalue weighted by Gasteiger charge is -2.36. The van der Waals surface area contributed by atoms with Crippen molar-refractivity contribution in [3.8, 4) is 5.88 Å². The van der Waals surface area contributed by atoms with Crippen LogP contribution >= 0.6 is 15.9 Å². The molecule has 1 aliphatic rings. The van der Waals surface area contributed by atoms with Gasteiger partial charge < -0.3 is 20.1 Å². The Morgan fingerprint density at radius 2 is 2.39 bits per heavy atom. The molecule has 2 rings (SSSR count). The Morgan fingerprint density at radius 1 is 1.61 bits per heavy atom. The molecule has 7 heteroatoms. The van der Waals surface area contributed by atoms with E-state index in [0.717, 1.165) is 11.0 Å². The maximum atomic E-state index is 5.70. The Balaban J connectivity index is 2.19. The molecule has 0 amide bonds. The van der Waals surface area contributed by atoms with Crippen LogP contribution in [0.4, 0.5) is 5.95 Å². The number of morpholine rings is 1. The van der Waals surface area contributed by atoms with Gasteiger partial charge in [0.05, 0.1) is 30.0 Å². The molecule has 2 N–H and O–H groups in total. The van der Waals surface area contributed by atoms with E-state index in [1.54, 1.807) is 13.3 Å². The molecule has 1 aromatic heterocycles. The van der Waals surface area contributed by atoms with Crippen molar-refractivity contribution in [3.63, 3.8) is 0 Å². The van der Waals surface area contributed by atoms with E-state index >= 15 is 0 Å². The minimum Gasteiger partial charge on any atom is -0.480 e. The average molecular weight is 317 g/mol. The van der Waals surface area contributed by atoms with Crippen molar-refractivity contribution < 1.29 is 9.47 Å². The molecule has 0 aliphatic carbocycles. The normalized spacial score (nSPS) is 24.1. The highest BCUT2D eigenvalue weighted by Crippen LogP contribution is 2.24. The third kappa shape index (κ3) is 2.90. The van der Waals surface area contributed by atoms with Gasteiger partial charge in [0.25, 0.3) is 0 Å². The minimum atomic E-state index is 0.0204. The summed E-state index contributed by atoms with van der Waals surface area (Å²) in [4.78, 5) is 10.7. The summed E-state index contributed by atoms with van der Waals surface area (Å²) in [6.07, 6.45) is 1.83. The standard InChI is InChI=1S/C11H17BrN4O2/c1-7-5-16(6-8(3-13)18-7)11-14-4-9(12)10(15-11)17-2/h4,7-8H,3,5-6,13H2,1-2H3. The molecular formula is C11H17BrN4O2. The Kier molecular flexibility index (Phi) is 4.36. The van der Waals surface area contributed by atoms with Crippen molar-refractivity contribution >= 4 is 21.9 Å². The first-order valence-corrected chi connectivity index (χ1v) is 6.60. The van der Waals surface area contributed by atoms with E-state index in [2.05, 4.69) is 30.8 Å². The Morgan fingerprint density at radius 3 is 3.06 bits per heavy atom. The summed E-state index contributed by atoms with van der Waals surface area (Å²) >= 11 is 3.34. The number of hydrogen-bond acceptors (Lipinski definition) is 6. The van der Waals surface area contributed by atoms with Crippen molar-refractivity contribution in [2.75, 3.05) is 31.6 Å². The van der Waals surface area contributed by atoms with E-state index in [0.29, 0.717) is 24.9 Å². The zero-order chi connectivity index (χ0) is 13.1. The summed E-state index contributed by atoms with van der Waals surface area (Å²) in [7, 11) is 1.58. The van der Waals surface area contributed by atoms with Crippen molar-refractivity contribution in [2.45, 2.75) is 19.1 Å². The number of methoxy groups -OCH3 is 1. The molecule has 0 bridgehead atoms. The molecule has 1 fully saturated rings. The van der Waals surface area contributed by atoms with E-state index in [1.807, 2.05) is 6.92 Å². The van der Waals surface area contributed by atoms with Gasteiger partial charge in [0, 0.05) is 19.6 Å². The van der Waals surface area contributed by atoms with Crippen LogP contribution in [0.5, 0.6) is 5.88 Å². The molecule has 0 saturated carbocycles. The van der Waals surface area contributed by atoms with Crippen LogP contribution in [0, 0.1) is 0 Å². The molecule has 100 valence electrons. The van der Waals surface area contributed by atoms with E-state index in [-0.39, 0.29) is 12.2 Å². The van der Waals surface area contributed by atoms with Gasteiger partial charge in [0.1, 0.15) is 0 Å². The number of nitrogens with two attached hydrogens (primary N) is 1. The fourth-order valence-electron chi connectivity index (χ4n) is 1.98. The third-order valence-corrected chi connectivity index (χ3v) is 3.31. The van der Waals surface area contributed by atoms with Crippen LogP contribution in [0.25, 0.3) is 0 Å². The second-order valence-corrected chi connectivity index (χ2v) is 5.09. The molecule has 0 spiro atoms. The summed E-state index contributed by atoms with van der Waals surface area (Å²) in [6.45, 7) is 3.96. The quantitative estimate of drug-likeness (QED) is 0.889. The monoisotopic (exact) mass is 316 g/mol. The topological polar surface area (TPSA) is 73.5 Å². The SMILES string of the molecule is COc1nc(N2CC(C)OC(CN)C2)ncc1Br. The molecular weight excluding hydrogens is 300 g/mol. The van der Waals surface area contributed by atoms with Gasteiger partial charge in [0.2, 0.25) is 11.8 Å². The molecule has 1 aromatic rings. The molecule has 18 heavy (non-hydrogen) atoms. The minimum absolute atomic E-state index is 0.0204. The molecule has 2 unspecified atom stereocenters. The van der Waals surface area contributed by atoms with Crippen molar-refractivity contribution in [3.05, 3.63) is 10.7 Å². The van der Waals surface area contributed by atoms with Gasteiger partial charge in [-0.15, -0.1) is 0 Å². The third-order valence-electron chi connectivity index (χ3n) is 2.76. The van der Waals surface area contributed by atoms with E-state index < -0.39 is 0 Å². The van der Waals surface area contributed by atoms with Gasteiger partial charge in [-0.05, 0) is 22.9 Å². The Hall–Kier alpha value is -0.920. The predicted molar refractivity (Wildman–Crippen MR) is 71.9 cm³/mol. The number of rotatable bonds is 3. The van der Waals surface area contributed by atoms with Crippen molar-refractivity contribution in [2.24, 2.45) is 5.73 Å². The van der Waals surface area contributed by atoms with Crippen LogP contribution < -0.4 is 15.4 Å². The fraction of sp³-hybridized carbons (Fsp3) is 0.636. The largest absolute Gasteiger partial charge is 0.480 e. The number of hydrogen-bond donors (Lipinski definition) is 1. The van der Waals surface area contributed by atoms with Crippen LogP contribution in [0.1, 0.15) is 6.92 Å². The summed E-state index contributed by atoms with van der Waals surface area (Å²) in [5.41, 5.74) is 5.66. The second kappa shape index (κ2) is 5.81. The van der Waals surface area contributed by atoms with Crippen LogP contribution in [0.2, 0.25) is 0 Å². The molecule has 0 aromatic carbocycles. The highest BCUT2D eigenvalue weighted by atomic mass is 79.9. The highest BCUT2D eigenvalue weighted by Gasteiger charge is 2.26. The van der Waals surface area contributed by atoms with Gasteiger partial charge in [-0.2, -0.15) is 4.98 Å². The molecule has 2 atom stereocenters. The lowest BCUT2D eigenvalue weighted by Crippen LogP contribution is -2.49. The summed E-state index contributed by atoms with van der Waals surface area (Å²) < 4.78 is 11.6. The smallest absolute Gasteiger partial charge is 0.232 e. The molecule has 6 nitrogen and oxygen atoms in total. The van der Waals surface area contributed by atoms with E-state index in [1.165, 1.54) is 0 Å². The van der Waals surface area contributed by atoms with Crippen LogP contribution in [-0.4, -0.2) is 48.9 Å². The molecule has 0 radical (unpaired) electrons. The van der Waals surface area contributed by atoms with E-state index in [9.17, 15) is 0 Å². The maximum absolute atomic E-state index is 5.70. The number of ether oxygens (including phenoxy) is 2. The maximum Gasteiger partial charge on any atom is 0.232 e. The number of aromatic nitrogens is 2. The first kappa shape index (κ1) is 13.5. The second-order valence-electron chi connectivity index (χ2n) is 4.24. The number of nitrogens with zero attached hydrogens (tertiary/aromatic N) is 3. The van der Waals surface area contributed by atoms with Crippen molar-refractivity contribution in [1.29, 1.82) is 0 Å². The molecule has 1 aliphatic heterocycles. The van der Waals surface area contributed by atoms with Gasteiger partial charge in [-0.25, -0.2) is 4.98 Å². The van der Waals surface area contributed by atoms with Gasteiger partial charge in [0.15, 0.2) is 0 Å². The summed E-state index contributed by atoms with van der Waals surface area (Å²) in [5, 5.41) is 0. The average Bonchev–Trinajstić information content (AvgIpc) is 2.38. The predicted octanol–water partition coefficient (Wildman–Crippen LogP) is 0.800. The van der Waals surface area contributed by atoms with Crippen LogP contribution in [-0.2, 0) is 4.74 Å².